The zero-order chi connectivity index (χ0) is 17.0. The molecule has 0 saturated carbocycles. The molecule has 0 unspecified atom stereocenters. The Hall–Kier alpha value is -2.57. The number of urea groups is 1. The van der Waals surface area contributed by atoms with Gasteiger partial charge in [-0.05, 0) is 19.9 Å². The molecule has 7 heteroatoms. The summed E-state index contributed by atoms with van der Waals surface area (Å²) in [5, 5.41) is 10.0. The molecule has 2 aromatic heterocycles. The lowest BCUT2D eigenvalue weighted by molar-refractivity contribution is 0.237. The predicted octanol–water partition coefficient (Wildman–Crippen LogP) is 1.75. The quantitative estimate of drug-likeness (QED) is 0.881. The first-order valence-electron chi connectivity index (χ1n) is 7.54. The van der Waals surface area contributed by atoms with Crippen molar-refractivity contribution in [3.63, 3.8) is 0 Å². The van der Waals surface area contributed by atoms with Gasteiger partial charge in [-0.15, -0.1) is 0 Å². The molecule has 2 heterocycles. The van der Waals surface area contributed by atoms with Crippen molar-refractivity contribution < 1.29 is 4.79 Å². The lowest BCUT2D eigenvalue weighted by Crippen LogP contribution is -2.37. The van der Waals surface area contributed by atoms with Crippen LogP contribution < -0.4 is 15.5 Å². The highest BCUT2D eigenvalue weighted by molar-refractivity contribution is 5.74. The Morgan fingerprint density at radius 2 is 2.17 bits per heavy atom. The summed E-state index contributed by atoms with van der Waals surface area (Å²) in [7, 11) is 5.75. The fourth-order valence-corrected chi connectivity index (χ4v) is 2.41. The van der Waals surface area contributed by atoms with E-state index in [9.17, 15) is 4.79 Å². The number of pyridine rings is 1. The van der Waals surface area contributed by atoms with Gasteiger partial charge in [0.05, 0.1) is 12.2 Å². The molecule has 0 aliphatic carbocycles. The van der Waals surface area contributed by atoms with Crippen LogP contribution in [0.4, 0.5) is 10.6 Å². The van der Waals surface area contributed by atoms with Crippen LogP contribution in [0, 0.1) is 6.92 Å². The third-order valence-corrected chi connectivity index (χ3v) is 3.82. The maximum atomic E-state index is 12.1. The van der Waals surface area contributed by atoms with E-state index >= 15 is 0 Å². The maximum Gasteiger partial charge on any atom is 0.315 e. The number of carbonyl (C=O) groups excluding carboxylic acids is 1. The molecular formula is C16H24N6O. The minimum Gasteiger partial charge on any atom is -0.362 e. The lowest BCUT2D eigenvalue weighted by Gasteiger charge is -2.17. The van der Waals surface area contributed by atoms with Crippen molar-refractivity contribution in [1.29, 1.82) is 0 Å². The van der Waals surface area contributed by atoms with Gasteiger partial charge in [0.25, 0.3) is 0 Å². The van der Waals surface area contributed by atoms with Gasteiger partial charge in [0.2, 0.25) is 0 Å². The summed E-state index contributed by atoms with van der Waals surface area (Å²) in [6.07, 6.45) is 3.53. The topological polar surface area (TPSA) is 75.1 Å². The van der Waals surface area contributed by atoms with Crippen LogP contribution >= 0.6 is 0 Å². The molecule has 0 aliphatic rings. The Bertz CT molecular complexity index is 679. The van der Waals surface area contributed by atoms with Crippen molar-refractivity contribution >= 4 is 11.8 Å². The minimum absolute atomic E-state index is 0.106. The molecule has 2 rings (SSSR count). The molecule has 0 spiro atoms. The number of rotatable bonds is 5. The fourth-order valence-electron chi connectivity index (χ4n) is 2.41. The molecule has 2 aromatic rings. The molecule has 23 heavy (non-hydrogen) atoms. The monoisotopic (exact) mass is 316 g/mol. The summed E-state index contributed by atoms with van der Waals surface area (Å²) < 4.78 is 1.80. The summed E-state index contributed by atoms with van der Waals surface area (Å²) in [6, 6.07) is 3.50. The van der Waals surface area contributed by atoms with Crippen LogP contribution in [-0.2, 0) is 13.6 Å². The molecule has 0 aromatic carbocycles. The first-order chi connectivity index (χ1) is 10.9. The number of aromatic nitrogens is 3. The molecule has 0 saturated heterocycles. The molecule has 0 aliphatic heterocycles. The van der Waals surface area contributed by atoms with Crippen LogP contribution in [0.2, 0.25) is 0 Å². The predicted molar refractivity (Wildman–Crippen MR) is 90.3 cm³/mol. The number of nitrogens with zero attached hydrogens (tertiary/aromatic N) is 4. The smallest absolute Gasteiger partial charge is 0.315 e. The van der Waals surface area contributed by atoms with E-state index in [4.69, 9.17) is 0 Å². The summed E-state index contributed by atoms with van der Waals surface area (Å²) in [6.45, 7) is 4.35. The van der Waals surface area contributed by atoms with E-state index in [1.807, 2.05) is 52.0 Å². The molecule has 2 amide bonds. The van der Waals surface area contributed by atoms with Crippen molar-refractivity contribution in [2.75, 3.05) is 19.0 Å². The number of amides is 2. The van der Waals surface area contributed by atoms with Crippen LogP contribution in [-0.4, -0.2) is 34.9 Å². The highest BCUT2D eigenvalue weighted by Crippen LogP contribution is 2.16. The number of carbonyl (C=O) groups is 1. The lowest BCUT2D eigenvalue weighted by atomic mass is 10.1. The number of aryl methyl sites for hydroxylation is 1. The molecule has 0 radical (unpaired) electrons. The van der Waals surface area contributed by atoms with Gasteiger partial charge in [0.1, 0.15) is 5.82 Å². The van der Waals surface area contributed by atoms with Crippen molar-refractivity contribution in [2.45, 2.75) is 26.4 Å². The molecule has 124 valence electrons. The summed E-state index contributed by atoms with van der Waals surface area (Å²) in [5.74, 6) is 0.851. The third-order valence-electron chi connectivity index (χ3n) is 3.82. The van der Waals surface area contributed by atoms with Gasteiger partial charge in [0.15, 0.2) is 0 Å². The average Bonchev–Trinajstić information content (AvgIpc) is 2.85. The van der Waals surface area contributed by atoms with Crippen LogP contribution in [0.1, 0.15) is 29.8 Å². The second-order valence-electron chi connectivity index (χ2n) is 5.74. The van der Waals surface area contributed by atoms with E-state index in [0.717, 1.165) is 22.6 Å². The second kappa shape index (κ2) is 7.13. The summed E-state index contributed by atoms with van der Waals surface area (Å²) in [5.41, 5.74) is 3.02. The first kappa shape index (κ1) is 16.8. The molecular weight excluding hydrogens is 292 g/mol. The van der Waals surface area contributed by atoms with Crippen molar-refractivity contribution in [1.82, 2.24) is 25.4 Å². The number of hydrogen-bond acceptors (Lipinski definition) is 4. The van der Waals surface area contributed by atoms with Gasteiger partial charge in [-0.1, -0.05) is 6.07 Å². The Morgan fingerprint density at radius 1 is 1.43 bits per heavy atom. The van der Waals surface area contributed by atoms with E-state index in [1.165, 1.54) is 0 Å². The zero-order valence-corrected chi connectivity index (χ0v) is 14.3. The minimum atomic E-state index is -0.214. The van der Waals surface area contributed by atoms with Gasteiger partial charge in [-0.25, -0.2) is 9.78 Å². The van der Waals surface area contributed by atoms with E-state index in [1.54, 1.807) is 17.1 Å². The Labute approximate surface area is 136 Å². The molecule has 7 nitrogen and oxygen atoms in total. The van der Waals surface area contributed by atoms with Gasteiger partial charge in [-0.3, -0.25) is 4.68 Å². The highest BCUT2D eigenvalue weighted by Gasteiger charge is 2.14. The van der Waals surface area contributed by atoms with Crippen molar-refractivity contribution in [3.8, 4) is 0 Å². The number of nitrogens with one attached hydrogen (secondary N) is 2. The van der Waals surface area contributed by atoms with Crippen LogP contribution in [0.15, 0.2) is 24.5 Å². The number of hydrogen-bond donors (Lipinski definition) is 2. The van der Waals surface area contributed by atoms with Crippen LogP contribution in [0.3, 0.4) is 0 Å². The maximum absolute atomic E-state index is 12.1. The summed E-state index contributed by atoms with van der Waals surface area (Å²) >= 11 is 0. The SMILES string of the molecule is Cc1c([C@H](C)NC(=O)NCc2cccnc2N(C)C)cnn1C. The zero-order valence-electron chi connectivity index (χ0n) is 14.3. The molecule has 0 fully saturated rings. The molecule has 2 N–H and O–H groups in total. The Morgan fingerprint density at radius 3 is 2.78 bits per heavy atom. The van der Waals surface area contributed by atoms with Gasteiger partial charge < -0.3 is 15.5 Å². The van der Waals surface area contributed by atoms with Crippen molar-refractivity contribution in [3.05, 3.63) is 41.3 Å². The van der Waals surface area contributed by atoms with Crippen LogP contribution in [0.25, 0.3) is 0 Å². The molecule has 1 atom stereocenters. The van der Waals surface area contributed by atoms with Gasteiger partial charge >= 0.3 is 6.03 Å². The van der Waals surface area contributed by atoms with E-state index in [-0.39, 0.29) is 12.1 Å². The largest absolute Gasteiger partial charge is 0.362 e. The van der Waals surface area contributed by atoms with Crippen molar-refractivity contribution in [2.24, 2.45) is 7.05 Å². The standard InChI is InChI=1S/C16H24N6O/c1-11(14-10-19-22(5)12(14)2)20-16(23)18-9-13-7-6-8-17-15(13)21(3)4/h6-8,10-11H,9H2,1-5H3,(H2,18,20,23)/t11-/m0/s1. The van der Waals surface area contributed by atoms with Gasteiger partial charge in [-0.2, -0.15) is 5.10 Å². The van der Waals surface area contributed by atoms with Crippen LogP contribution in [0.5, 0.6) is 0 Å². The normalized spacial score (nSPS) is 11.9. The van der Waals surface area contributed by atoms with E-state index in [0.29, 0.717) is 6.54 Å². The van der Waals surface area contributed by atoms with Gasteiger partial charge in [0, 0.05) is 50.7 Å². The number of anilines is 1. The molecule has 0 bridgehead atoms. The second-order valence-corrected chi connectivity index (χ2v) is 5.74. The first-order valence-corrected chi connectivity index (χ1v) is 7.54. The Kier molecular flexibility index (Phi) is 5.20. The third kappa shape index (κ3) is 4.00. The Balaban J connectivity index is 1.94. The van der Waals surface area contributed by atoms with E-state index < -0.39 is 0 Å². The average molecular weight is 316 g/mol. The summed E-state index contributed by atoms with van der Waals surface area (Å²) in [4.78, 5) is 18.4. The van der Waals surface area contributed by atoms with E-state index in [2.05, 4.69) is 20.7 Å². The highest BCUT2D eigenvalue weighted by atomic mass is 16.2. The fraction of sp³-hybridized carbons (Fsp3) is 0.438.